The fourth-order valence-electron chi connectivity index (χ4n) is 4.04. The Morgan fingerprint density at radius 2 is 2.00 bits per heavy atom. The van der Waals surface area contributed by atoms with E-state index in [-0.39, 0.29) is 16.8 Å². The molecular weight excluding hydrogens is 462 g/mol. The van der Waals surface area contributed by atoms with Crippen LogP contribution in [0, 0.1) is 5.92 Å². The molecule has 5 rings (SSSR count). The van der Waals surface area contributed by atoms with Gasteiger partial charge in [0.25, 0.3) is 5.91 Å². The molecule has 0 saturated carbocycles. The third-order valence-electron chi connectivity index (χ3n) is 5.49. The summed E-state index contributed by atoms with van der Waals surface area (Å²) in [7, 11) is 1.57. The number of hydrogen-bond donors (Lipinski definition) is 0. The van der Waals surface area contributed by atoms with Crippen molar-refractivity contribution in [3.8, 4) is 5.75 Å². The first-order valence-electron chi connectivity index (χ1n) is 10.4. The lowest BCUT2D eigenvalue weighted by atomic mass is 9.98. The lowest BCUT2D eigenvalue weighted by Crippen LogP contribution is -2.29. The summed E-state index contributed by atoms with van der Waals surface area (Å²) in [6, 6.07) is 11.3. The molecule has 168 valence electrons. The largest absolute Gasteiger partial charge is 0.497 e. The summed E-state index contributed by atoms with van der Waals surface area (Å²) in [5.41, 5.74) is 0.962. The number of nitrogens with zero attached hydrogens (tertiary/aromatic N) is 3. The van der Waals surface area contributed by atoms with Gasteiger partial charge < -0.3 is 9.15 Å². The van der Waals surface area contributed by atoms with Crippen LogP contribution < -0.4 is 15.1 Å². The smallest absolute Gasteiger partial charge is 0.297 e. The van der Waals surface area contributed by atoms with Crippen molar-refractivity contribution in [1.82, 2.24) is 10.2 Å². The average molecular weight is 482 g/mol. The Kier molecular flexibility index (Phi) is 5.42. The van der Waals surface area contributed by atoms with Gasteiger partial charge in [-0.25, -0.2) is 0 Å². The summed E-state index contributed by atoms with van der Waals surface area (Å²) in [6.45, 7) is 4.19. The number of halogens is 1. The van der Waals surface area contributed by atoms with Crippen LogP contribution in [-0.4, -0.2) is 23.2 Å². The van der Waals surface area contributed by atoms with Crippen molar-refractivity contribution in [2.75, 3.05) is 12.0 Å². The Labute approximate surface area is 198 Å². The van der Waals surface area contributed by atoms with Crippen LogP contribution in [0.2, 0.25) is 5.02 Å². The Hall–Kier alpha value is -3.23. The standard InChI is InChI=1S/C24H20ClN3O4S/c1-12(2)9-18-26-27-24(33-18)28-20(13-5-4-6-15(10-13)31-3)19-21(29)16-11-14(25)7-8-17(16)32-22(19)23(28)30/h4-8,10-12,20H,9H2,1-3H3/t20-/m0/s1. The molecule has 2 aromatic heterocycles. The number of anilines is 1. The second-order valence-corrected chi connectivity index (χ2v) is 9.72. The molecule has 0 fully saturated rings. The quantitative estimate of drug-likeness (QED) is 0.386. The van der Waals surface area contributed by atoms with Gasteiger partial charge in [0.15, 0.2) is 5.43 Å². The second kappa shape index (κ2) is 8.28. The summed E-state index contributed by atoms with van der Waals surface area (Å²) in [5, 5.41) is 10.5. The molecule has 9 heteroatoms. The van der Waals surface area contributed by atoms with Gasteiger partial charge in [-0.2, -0.15) is 0 Å². The van der Waals surface area contributed by atoms with Crippen LogP contribution in [0.4, 0.5) is 5.13 Å². The van der Waals surface area contributed by atoms with Crippen LogP contribution in [-0.2, 0) is 6.42 Å². The SMILES string of the molecule is COc1cccc([C@H]2c3c(oc4ccc(Cl)cc4c3=O)C(=O)N2c2nnc(CC(C)C)s2)c1. The molecule has 33 heavy (non-hydrogen) atoms. The van der Waals surface area contributed by atoms with Crippen LogP contribution in [0.25, 0.3) is 11.0 Å². The molecule has 0 bridgehead atoms. The normalized spacial score (nSPS) is 15.5. The van der Waals surface area contributed by atoms with E-state index in [9.17, 15) is 9.59 Å². The van der Waals surface area contributed by atoms with Crippen molar-refractivity contribution in [1.29, 1.82) is 0 Å². The molecule has 2 aromatic carbocycles. The minimum absolute atomic E-state index is 0.00301. The Bertz CT molecular complexity index is 1450. The van der Waals surface area contributed by atoms with Crippen LogP contribution in [0.3, 0.4) is 0 Å². The average Bonchev–Trinajstić information content (AvgIpc) is 3.36. The Morgan fingerprint density at radius 3 is 2.76 bits per heavy atom. The van der Waals surface area contributed by atoms with Gasteiger partial charge in [-0.1, -0.05) is 48.9 Å². The molecule has 7 nitrogen and oxygen atoms in total. The fraction of sp³-hybridized carbons (Fsp3) is 0.250. The number of methoxy groups -OCH3 is 1. The lowest BCUT2D eigenvalue weighted by molar-refractivity contribution is 0.0970. The Morgan fingerprint density at radius 1 is 1.18 bits per heavy atom. The van der Waals surface area contributed by atoms with Crippen molar-refractivity contribution in [3.05, 3.63) is 79.6 Å². The lowest BCUT2D eigenvalue weighted by Gasteiger charge is -2.22. The fourth-order valence-corrected chi connectivity index (χ4v) is 5.29. The topological polar surface area (TPSA) is 85.5 Å². The highest BCUT2D eigenvalue weighted by Gasteiger charge is 2.45. The molecule has 0 unspecified atom stereocenters. The number of amides is 1. The van der Waals surface area contributed by atoms with E-state index in [1.165, 1.54) is 16.2 Å². The highest BCUT2D eigenvalue weighted by atomic mass is 35.5. The van der Waals surface area contributed by atoms with Gasteiger partial charge >= 0.3 is 0 Å². The maximum atomic E-state index is 13.6. The number of hydrogen-bond acceptors (Lipinski definition) is 7. The van der Waals surface area contributed by atoms with Crippen molar-refractivity contribution >= 4 is 44.9 Å². The van der Waals surface area contributed by atoms with Gasteiger partial charge in [0, 0.05) is 11.4 Å². The van der Waals surface area contributed by atoms with E-state index >= 15 is 0 Å². The molecule has 0 N–H and O–H groups in total. The zero-order valence-electron chi connectivity index (χ0n) is 18.2. The van der Waals surface area contributed by atoms with Crippen LogP contribution in [0.1, 0.15) is 46.6 Å². The molecule has 0 spiro atoms. The summed E-state index contributed by atoms with van der Waals surface area (Å²) in [4.78, 5) is 28.7. The van der Waals surface area contributed by atoms with Crippen molar-refractivity contribution in [2.45, 2.75) is 26.3 Å². The molecule has 1 aliphatic heterocycles. The molecule has 4 aromatic rings. The molecule has 1 atom stereocenters. The molecule has 0 aliphatic carbocycles. The molecule has 0 radical (unpaired) electrons. The highest BCUT2D eigenvalue weighted by molar-refractivity contribution is 7.15. The van der Waals surface area contributed by atoms with Crippen molar-refractivity contribution < 1.29 is 13.9 Å². The summed E-state index contributed by atoms with van der Waals surface area (Å²) < 4.78 is 11.3. The highest BCUT2D eigenvalue weighted by Crippen LogP contribution is 2.43. The zero-order valence-corrected chi connectivity index (χ0v) is 19.7. The van der Waals surface area contributed by atoms with Crippen LogP contribution in [0.15, 0.2) is 51.7 Å². The van der Waals surface area contributed by atoms with E-state index in [0.29, 0.717) is 38.4 Å². The molecule has 1 aliphatic rings. The first-order valence-corrected chi connectivity index (χ1v) is 11.6. The van der Waals surface area contributed by atoms with Crippen molar-refractivity contribution in [3.63, 3.8) is 0 Å². The number of rotatable bonds is 5. The summed E-state index contributed by atoms with van der Waals surface area (Å²) in [6.07, 6.45) is 0.746. The molecule has 1 amide bonds. The predicted octanol–water partition coefficient (Wildman–Crippen LogP) is 5.25. The van der Waals surface area contributed by atoms with E-state index < -0.39 is 11.9 Å². The maximum Gasteiger partial charge on any atom is 0.297 e. The Balaban J connectivity index is 1.75. The number of carbonyl (C=O) groups excluding carboxylic acids is 1. The maximum absolute atomic E-state index is 13.6. The summed E-state index contributed by atoms with van der Waals surface area (Å²) >= 11 is 7.48. The number of aromatic nitrogens is 2. The van der Waals surface area contributed by atoms with Gasteiger partial charge in [0.05, 0.1) is 24.1 Å². The number of benzene rings is 2. The van der Waals surface area contributed by atoms with E-state index in [2.05, 4.69) is 24.0 Å². The number of carbonyl (C=O) groups is 1. The first-order chi connectivity index (χ1) is 15.9. The van der Waals surface area contributed by atoms with Crippen LogP contribution in [0.5, 0.6) is 5.75 Å². The zero-order chi connectivity index (χ0) is 23.3. The third-order valence-corrected chi connectivity index (χ3v) is 6.67. The van der Waals surface area contributed by atoms with E-state index in [1.807, 2.05) is 12.1 Å². The summed E-state index contributed by atoms with van der Waals surface area (Å²) in [5.74, 6) is 0.575. The number of ether oxygens (including phenoxy) is 1. The first kappa shape index (κ1) is 21.6. The monoisotopic (exact) mass is 481 g/mol. The molecule has 3 heterocycles. The second-order valence-electron chi connectivity index (χ2n) is 8.25. The van der Waals surface area contributed by atoms with Gasteiger partial charge in [-0.3, -0.25) is 14.5 Å². The van der Waals surface area contributed by atoms with Gasteiger partial charge in [0.1, 0.15) is 16.3 Å². The van der Waals surface area contributed by atoms with Crippen molar-refractivity contribution in [2.24, 2.45) is 5.92 Å². The van der Waals surface area contributed by atoms with Gasteiger partial charge in [-0.05, 0) is 41.8 Å². The van der Waals surface area contributed by atoms with Crippen LogP contribution >= 0.6 is 22.9 Å². The van der Waals surface area contributed by atoms with Gasteiger partial charge in [-0.15, -0.1) is 10.2 Å². The minimum atomic E-state index is -0.734. The number of fused-ring (bicyclic) bond motifs is 2. The molecule has 0 saturated heterocycles. The van der Waals surface area contributed by atoms with E-state index in [4.69, 9.17) is 20.8 Å². The predicted molar refractivity (Wildman–Crippen MR) is 128 cm³/mol. The third kappa shape index (κ3) is 3.69. The minimum Gasteiger partial charge on any atom is -0.497 e. The van der Waals surface area contributed by atoms with E-state index in [0.717, 1.165) is 11.4 Å². The molecular formula is C24H20ClN3O4S. The van der Waals surface area contributed by atoms with E-state index in [1.54, 1.807) is 37.4 Å². The van der Waals surface area contributed by atoms with Gasteiger partial charge in [0.2, 0.25) is 10.9 Å².